The fourth-order valence-corrected chi connectivity index (χ4v) is 2.21. The van der Waals surface area contributed by atoms with E-state index in [1.807, 2.05) is 0 Å². The summed E-state index contributed by atoms with van der Waals surface area (Å²) in [6.07, 6.45) is 4.56. The molecule has 1 unspecified atom stereocenters. The van der Waals surface area contributed by atoms with E-state index in [-0.39, 0.29) is 11.0 Å². The smallest absolute Gasteiger partial charge is 0.0554 e. The van der Waals surface area contributed by atoms with Crippen LogP contribution in [0.4, 0.5) is 5.69 Å². The van der Waals surface area contributed by atoms with E-state index in [2.05, 4.69) is 77.2 Å². The van der Waals surface area contributed by atoms with Gasteiger partial charge in [0.25, 0.3) is 0 Å². The fourth-order valence-electron chi connectivity index (χ4n) is 2.21. The highest BCUT2D eigenvalue weighted by molar-refractivity contribution is 5.73. The second-order valence-corrected chi connectivity index (χ2v) is 6.95. The van der Waals surface area contributed by atoms with Crippen LogP contribution in [0.3, 0.4) is 0 Å². The molecule has 1 nitrogen and oxygen atoms in total. The molecular formula is C17H25N. The largest absolute Gasteiger partial charge is 0.376 e. The van der Waals surface area contributed by atoms with Crippen LogP contribution < -0.4 is 5.32 Å². The van der Waals surface area contributed by atoms with Gasteiger partial charge < -0.3 is 5.32 Å². The summed E-state index contributed by atoms with van der Waals surface area (Å²) in [5, 5.41) is 3.66. The zero-order chi connectivity index (χ0) is 13.6. The summed E-state index contributed by atoms with van der Waals surface area (Å²) in [5.41, 5.74) is 4.22. The Bertz CT molecular complexity index is 477. The Balaban J connectivity index is 2.39. The number of benzene rings is 1. The Kier molecular flexibility index (Phi) is 3.04. The van der Waals surface area contributed by atoms with Crippen molar-refractivity contribution < 1.29 is 0 Å². The lowest BCUT2D eigenvalue weighted by molar-refractivity contribution is 0.453. The third-order valence-corrected chi connectivity index (χ3v) is 4.13. The van der Waals surface area contributed by atoms with Crippen molar-refractivity contribution in [1.29, 1.82) is 0 Å². The number of hydrogen-bond donors (Lipinski definition) is 1. The molecule has 0 aliphatic carbocycles. The second kappa shape index (κ2) is 4.15. The standard InChI is InChI=1S/C17H25N/c1-12(2)17(6)10-9-13-11-14(16(3,4)5)7-8-15(13)18-17/h7-12,18H,1-6H3. The van der Waals surface area contributed by atoms with E-state index < -0.39 is 0 Å². The quantitative estimate of drug-likeness (QED) is 0.744. The van der Waals surface area contributed by atoms with Gasteiger partial charge >= 0.3 is 0 Å². The van der Waals surface area contributed by atoms with E-state index in [1.165, 1.54) is 16.8 Å². The summed E-state index contributed by atoms with van der Waals surface area (Å²) in [7, 11) is 0. The SMILES string of the molecule is CC(C)C1(C)C=Cc2cc(C(C)(C)C)ccc2N1. The molecule has 0 saturated carbocycles. The molecule has 1 aromatic rings. The molecule has 1 aliphatic heterocycles. The van der Waals surface area contributed by atoms with E-state index in [1.54, 1.807) is 0 Å². The molecule has 0 fully saturated rings. The normalized spacial score (nSPS) is 22.8. The summed E-state index contributed by atoms with van der Waals surface area (Å²) in [4.78, 5) is 0. The van der Waals surface area contributed by atoms with E-state index in [0.717, 1.165) is 0 Å². The maximum absolute atomic E-state index is 3.66. The number of fused-ring (bicyclic) bond motifs is 1. The molecule has 1 N–H and O–H groups in total. The fraction of sp³-hybridized carbons (Fsp3) is 0.529. The zero-order valence-corrected chi connectivity index (χ0v) is 12.5. The molecule has 2 rings (SSSR count). The summed E-state index contributed by atoms with van der Waals surface area (Å²) in [6.45, 7) is 13.5. The van der Waals surface area contributed by atoms with Gasteiger partial charge in [-0.1, -0.05) is 52.8 Å². The molecular weight excluding hydrogens is 218 g/mol. The van der Waals surface area contributed by atoms with Crippen LogP contribution >= 0.6 is 0 Å². The van der Waals surface area contributed by atoms with Gasteiger partial charge in [0.15, 0.2) is 0 Å². The van der Waals surface area contributed by atoms with Crippen molar-refractivity contribution in [2.75, 3.05) is 5.32 Å². The molecule has 1 aliphatic rings. The van der Waals surface area contributed by atoms with Gasteiger partial charge in [0.05, 0.1) is 5.54 Å². The van der Waals surface area contributed by atoms with Gasteiger partial charge in [0.1, 0.15) is 0 Å². The number of rotatable bonds is 1. The van der Waals surface area contributed by atoms with Crippen LogP contribution in [-0.2, 0) is 5.41 Å². The molecule has 18 heavy (non-hydrogen) atoms. The van der Waals surface area contributed by atoms with Crippen molar-refractivity contribution in [3.8, 4) is 0 Å². The van der Waals surface area contributed by atoms with Crippen LogP contribution in [0.2, 0.25) is 0 Å². The Hall–Kier alpha value is -1.24. The molecule has 1 heteroatoms. The Morgan fingerprint density at radius 3 is 2.39 bits per heavy atom. The van der Waals surface area contributed by atoms with Crippen LogP contribution in [-0.4, -0.2) is 5.54 Å². The van der Waals surface area contributed by atoms with E-state index in [4.69, 9.17) is 0 Å². The number of anilines is 1. The Morgan fingerprint density at radius 2 is 1.83 bits per heavy atom. The van der Waals surface area contributed by atoms with Gasteiger partial charge in [-0.3, -0.25) is 0 Å². The van der Waals surface area contributed by atoms with Crippen molar-refractivity contribution in [3.63, 3.8) is 0 Å². The Labute approximate surface area is 111 Å². The van der Waals surface area contributed by atoms with Crippen LogP contribution in [0, 0.1) is 5.92 Å². The number of nitrogens with one attached hydrogen (secondary N) is 1. The van der Waals surface area contributed by atoms with Gasteiger partial charge in [-0.2, -0.15) is 0 Å². The second-order valence-electron chi connectivity index (χ2n) is 6.95. The molecule has 1 heterocycles. The summed E-state index contributed by atoms with van der Waals surface area (Å²) >= 11 is 0. The zero-order valence-electron chi connectivity index (χ0n) is 12.5. The lowest BCUT2D eigenvalue weighted by atomic mass is 9.82. The van der Waals surface area contributed by atoms with Gasteiger partial charge in [-0.15, -0.1) is 0 Å². The van der Waals surface area contributed by atoms with E-state index in [9.17, 15) is 0 Å². The first-order valence-corrected chi connectivity index (χ1v) is 6.84. The minimum absolute atomic E-state index is 0.0657. The van der Waals surface area contributed by atoms with Crippen LogP contribution in [0.15, 0.2) is 24.3 Å². The van der Waals surface area contributed by atoms with Crippen LogP contribution in [0.1, 0.15) is 52.7 Å². The van der Waals surface area contributed by atoms with Gasteiger partial charge in [-0.25, -0.2) is 0 Å². The number of hydrogen-bond acceptors (Lipinski definition) is 1. The van der Waals surface area contributed by atoms with Crippen molar-refractivity contribution in [1.82, 2.24) is 0 Å². The van der Waals surface area contributed by atoms with E-state index >= 15 is 0 Å². The third kappa shape index (κ3) is 2.31. The monoisotopic (exact) mass is 243 g/mol. The molecule has 0 aromatic heterocycles. The first-order valence-electron chi connectivity index (χ1n) is 6.84. The first-order chi connectivity index (χ1) is 8.22. The molecule has 0 amide bonds. The molecule has 0 radical (unpaired) electrons. The molecule has 0 bridgehead atoms. The maximum Gasteiger partial charge on any atom is 0.0554 e. The minimum Gasteiger partial charge on any atom is -0.376 e. The summed E-state index contributed by atoms with van der Waals surface area (Å²) < 4.78 is 0. The van der Waals surface area contributed by atoms with Crippen molar-refractivity contribution in [3.05, 3.63) is 35.4 Å². The molecule has 0 spiro atoms. The Morgan fingerprint density at radius 1 is 1.17 bits per heavy atom. The van der Waals surface area contributed by atoms with Gasteiger partial charge in [0, 0.05) is 5.69 Å². The highest BCUT2D eigenvalue weighted by Gasteiger charge is 2.28. The van der Waals surface area contributed by atoms with Crippen LogP contribution in [0.25, 0.3) is 6.08 Å². The topological polar surface area (TPSA) is 12.0 Å². The lowest BCUT2D eigenvalue weighted by Gasteiger charge is -2.37. The van der Waals surface area contributed by atoms with Gasteiger partial charge in [-0.05, 0) is 41.5 Å². The van der Waals surface area contributed by atoms with Crippen LogP contribution in [0.5, 0.6) is 0 Å². The predicted octanol–water partition coefficient (Wildman–Crippen LogP) is 4.84. The lowest BCUT2D eigenvalue weighted by Crippen LogP contribution is -2.39. The van der Waals surface area contributed by atoms with Crippen molar-refractivity contribution >= 4 is 11.8 Å². The van der Waals surface area contributed by atoms with Crippen molar-refractivity contribution in [2.24, 2.45) is 5.92 Å². The minimum atomic E-state index is 0.0657. The summed E-state index contributed by atoms with van der Waals surface area (Å²) in [6, 6.07) is 6.77. The average molecular weight is 243 g/mol. The molecule has 1 aromatic carbocycles. The van der Waals surface area contributed by atoms with E-state index in [0.29, 0.717) is 5.92 Å². The van der Waals surface area contributed by atoms with Crippen molar-refractivity contribution in [2.45, 2.75) is 52.5 Å². The predicted molar refractivity (Wildman–Crippen MR) is 81.0 cm³/mol. The average Bonchev–Trinajstić information content (AvgIpc) is 2.26. The van der Waals surface area contributed by atoms with Gasteiger partial charge in [0.2, 0.25) is 0 Å². The maximum atomic E-state index is 3.66. The third-order valence-electron chi connectivity index (χ3n) is 4.13. The summed E-state index contributed by atoms with van der Waals surface area (Å²) in [5.74, 6) is 0.573. The highest BCUT2D eigenvalue weighted by Crippen LogP contribution is 2.35. The molecule has 1 atom stereocenters. The first kappa shape index (κ1) is 13.2. The molecule has 98 valence electrons. The molecule has 0 saturated heterocycles. The highest BCUT2D eigenvalue weighted by atomic mass is 15.0.